The molecule has 1 fully saturated rings. The summed E-state index contributed by atoms with van der Waals surface area (Å²) in [5.41, 5.74) is 0.441. The molecule has 120 valence electrons. The highest BCUT2D eigenvalue weighted by atomic mass is 16.5. The van der Waals surface area contributed by atoms with Crippen LogP contribution in [-0.4, -0.2) is 14.2 Å². The van der Waals surface area contributed by atoms with Gasteiger partial charge in [-0.15, -0.1) is 0 Å². The summed E-state index contributed by atoms with van der Waals surface area (Å²) in [4.78, 5) is 0. The highest BCUT2D eigenvalue weighted by Gasteiger charge is 2.33. The molecule has 0 aromatic carbocycles. The van der Waals surface area contributed by atoms with Crippen molar-refractivity contribution >= 4 is 0 Å². The summed E-state index contributed by atoms with van der Waals surface area (Å²) < 4.78 is 11.1. The molecule has 1 heterocycles. The Morgan fingerprint density at radius 2 is 1.90 bits per heavy atom. The maximum atomic E-state index is 5.94. The van der Waals surface area contributed by atoms with E-state index in [0.29, 0.717) is 24.0 Å². The van der Waals surface area contributed by atoms with Crippen LogP contribution >= 0.6 is 0 Å². The Hall–Kier alpha value is -0.800. The predicted octanol–water partition coefficient (Wildman–Crippen LogP) is 4.54. The quantitative estimate of drug-likeness (QED) is 0.865. The molecule has 0 bridgehead atoms. The van der Waals surface area contributed by atoms with Gasteiger partial charge in [0.1, 0.15) is 18.1 Å². The number of hydrogen-bond acceptors (Lipinski definition) is 3. The number of rotatable bonds is 5. The van der Waals surface area contributed by atoms with E-state index in [4.69, 9.17) is 9.15 Å². The first kappa shape index (κ1) is 16.6. The van der Waals surface area contributed by atoms with E-state index in [2.05, 4.69) is 32.2 Å². The minimum absolute atomic E-state index is 0.330. The van der Waals surface area contributed by atoms with Gasteiger partial charge in [-0.25, -0.2) is 0 Å². The van der Waals surface area contributed by atoms with Crippen molar-refractivity contribution in [2.75, 3.05) is 14.2 Å². The zero-order chi connectivity index (χ0) is 15.5. The van der Waals surface area contributed by atoms with Crippen LogP contribution in [0, 0.1) is 17.3 Å². The van der Waals surface area contributed by atoms with Crippen molar-refractivity contribution in [1.82, 2.24) is 5.32 Å². The van der Waals surface area contributed by atoms with Crippen LogP contribution in [0.15, 0.2) is 16.5 Å². The molecule has 3 heteroatoms. The highest BCUT2D eigenvalue weighted by molar-refractivity contribution is 5.11. The SMILES string of the molecule is CNC(c1ccc(COC)o1)C1CCC(C(C)(C)C)CC1. The van der Waals surface area contributed by atoms with Crippen molar-refractivity contribution in [1.29, 1.82) is 0 Å². The Morgan fingerprint density at radius 3 is 2.43 bits per heavy atom. The largest absolute Gasteiger partial charge is 0.462 e. The van der Waals surface area contributed by atoms with Crippen molar-refractivity contribution < 1.29 is 9.15 Å². The van der Waals surface area contributed by atoms with Crippen LogP contribution in [-0.2, 0) is 11.3 Å². The first-order chi connectivity index (χ1) is 9.95. The minimum atomic E-state index is 0.330. The molecular formula is C18H31NO2. The monoisotopic (exact) mass is 293 g/mol. The van der Waals surface area contributed by atoms with Crippen molar-refractivity contribution in [3.8, 4) is 0 Å². The van der Waals surface area contributed by atoms with Gasteiger partial charge in [0.2, 0.25) is 0 Å². The molecule has 3 nitrogen and oxygen atoms in total. The van der Waals surface area contributed by atoms with Gasteiger partial charge in [-0.05, 0) is 62.1 Å². The fourth-order valence-corrected chi connectivity index (χ4v) is 3.71. The van der Waals surface area contributed by atoms with Crippen molar-refractivity contribution in [3.63, 3.8) is 0 Å². The van der Waals surface area contributed by atoms with E-state index in [1.807, 2.05) is 13.1 Å². The van der Waals surface area contributed by atoms with Crippen LogP contribution in [0.4, 0.5) is 0 Å². The summed E-state index contributed by atoms with van der Waals surface area (Å²) in [7, 11) is 3.74. The summed E-state index contributed by atoms with van der Waals surface area (Å²) in [5, 5.41) is 3.46. The molecule has 1 unspecified atom stereocenters. The standard InChI is InChI=1S/C18H31NO2/c1-18(2,3)14-8-6-13(7-9-14)17(19-4)16-11-10-15(21-16)12-20-5/h10-11,13-14,17,19H,6-9,12H2,1-5H3. The molecular weight excluding hydrogens is 262 g/mol. The second-order valence-electron chi connectivity index (χ2n) is 7.48. The van der Waals surface area contributed by atoms with E-state index in [0.717, 1.165) is 17.4 Å². The molecule has 1 aromatic heterocycles. The maximum Gasteiger partial charge on any atom is 0.129 e. The van der Waals surface area contributed by atoms with Gasteiger partial charge in [0.15, 0.2) is 0 Å². The lowest BCUT2D eigenvalue weighted by Crippen LogP contribution is -2.32. The molecule has 21 heavy (non-hydrogen) atoms. The van der Waals surface area contributed by atoms with Crippen LogP contribution in [0.1, 0.15) is 64.0 Å². The molecule has 1 atom stereocenters. The molecule has 1 saturated carbocycles. The van der Waals surface area contributed by atoms with Crippen LogP contribution in [0.2, 0.25) is 0 Å². The van der Waals surface area contributed by atoms with E-state index in [1.54, 1.807) is 7.11 Å². The third-order valence-electron chi connectivity index (χ3n) is 5.05. The molecule has 0 saturated heterocycles. The molecule has 1 aliphatic rings. The molecule has 1 aromatic rings. The Labute approximate surface area is 129 Å². The Balaban J connectivity index is 1.99. The van der Waals surface area contributed by atoms with E-state index in [9.17, 15) is 0 Å². The summed E-state index contributed by atoms with van der Waals surface area (Å²) in [6.45, 7) is 7.67. The van der Waals surface area contributed by atoms with Crippen LogP contribution in [0.25, 0.3) is 0 Å². The lowest BCUT2D eigenvalue weighted by Gasteiger charge is -2.39. The lowest BCUT2D eigenvalue weighted by molar-refractivity contribution is 0.126. The molecule has 1 aliphatic carbocycles. The van der Waals surface area contributed by atoms with E-state index >= 15 is 0 Å². The van der Waals surface area contributed by atoms with Crippen molar-refractivity contribution in [2.45, 2.75) is 59.1 Å². The highest BCUT2D eigenvalue weighted by Crippen LogP contribution is 2.43. The summed E-state index contributed by atoms with van der Waals surface area (Å²) in [6.07, 6.45) is 5.23. The molecule has 0 amide bonds. The van der Waals surface area contributed by atoms with E-state index in [1.165, 1.54) is 25.7 Å². The molecule has 0 aliphatic heterocycles. The zero-order valence-electron chi connectivity index (χ0n) is 14.2. The number of hydrogen-bond donors (Lipinski definition) is 1. The number of methoxy groups -OCH3 is 1. The van der Waals surface area contributed by atoms with Gasteiger partial charge in [0.25, 0.3) is 0 Å². The molecule has 1 N–H and O–H groups in total. The Bertz CT molecular complexity index is 425. The van der Waals surface area contributed by atoms with Gasteiger partial charge in [0, 0.05) is 7.11 Å². The zero-order valence-corrected chi connectivity index (χ0v) is 14.2. The predicted molar refractivity (Wildman–Crippen MR) is 86.1 cm³/mol. The average Bonchev–Trinajstić information content (AvgIpc) is 2.88. The van der Waals surface area contributed by atoms with E-state index in [-0.39, 0.29) is 0 Å². The maximum absolute atomic E-state index is 5.94. The second-order valence-corrected chi connectivity index (χ2v) is 7.48. The van der Waals surface area contributed by atoms with Gasteiger partial charge in [-0.1, -0.05) is 20.8 Å². The minimum Gasteiger partial charge on any atom is -0.462 e. The summed E-state index contributed by atoms with van der Waals surface area (Å²) >= 11 is 0. The smallest absolute Gasteiger partial charge is 0.129 e. The Morgan fingerprint density at radius 1 is 1.24 bits per heavy atom. The topological polar surface area (TPSA) is 34.4 Å². The number of ether oxygens (including phenoxy) is 1. The summed E-state index contributed by atoms with van der Waals surface area (Å²) in [5.74, 6) is 3.50. The van der Waals surface area contributed by atoms with Gasteiger partial charge >= 0.3 is 0 Å². The van der Waals surface area contributed by atoms with Gasteiger partial charge in [-0.3, -0.25) is 0 Å². The van der Waals surface area contributed by atoms with Gasteiger partial charge < -0.3 is 14.5 Å². The molecule has 0 spiro atoms. The van der Waals surface area contributed by atoms with Crippen LogP contribution in [0.5, 0.6) is 0 Å². The van der Waals surface area contributed by atoms with Gasteiger partial charge in [0.05, 0.1) is 6.04 Å². The molecule has 0 radical (unpaired) electrons. The first-order valence-corrected chi connectivity index (χ1v) is 8.20. The lowest BCUT2D eigenvalue weighted by atomic mass is 9.68. The fourth-order valence-electron chi connectivity index (χ4n) is 3.71. The molecule has 2 rings (SSSR count). The van der Waals surface area contributed by atoms with Crippen molar-refractivity contribution in [3.05, 3.63) is 23.7 Å². The Kier molecular flexibility index (Phi) is 5.50. The fraction of sp³-hybridized carbons (Fsp3) is 0.778. The third kappa shape index (κ3) is 4.10. The second kappa shape index (κ2) is 6.97. The summed E-state index contributed by atoms with van der Waals surface area (Å²) in [6, 6.07) is 4.46. The van der Waals surface area contributed by atoms with Crippen molar-refractivity contribution in [2.24, 2.45) is 17.3 Å². The average molecular weight is 293 g/mol. The van der Waals surface area contributed by atoms with Crippen LogP contribution < -0.4 is 5.32 Å². The van der Waals surface area contributed by atoms with Gasteiger partial charge in [-0.2, -0.15) is 0 Å². The number of furan rings is 1. The van der Waals surface area contributed by atoms with Crippen LogP contribution in [0.3, 0.4) is 0 Å². The normalized spacial score (nSPS) is 25.0. The number of nitrogens with one attached hydrogen (secondary N) is 1. The first-order valence-electron chi connectivity index (χ1n) is 8.20. The third-order valence-corrected chi connectivity index (χ3v) is 5.05. The van der Waals surface area contributed by atoms with E-state index < -0.39 is 0 Å².